The first-order valence-electron chi connectivity index (χ1n) is 4.27. The first-order valence-corrected chi connectivity index (χ1v) is 5.08. The van der Waals surface area contributed by atoms with Crippen molar-refractivity contribution in [2.75, 3.05) is 0 Å². The van der Waals surface area contributed by atoms with Crippen LogP contribution in [0.15, 0.2) is 45.2 Å². The van der Waals surface area contributed by atoms with Crippen LogP contribution >= 0.6 is 11.8 Å². The van der Waals surface area contributed by atoms with Crippen molar-refractivity contribution in [3.63, 3.8) is 0 Å². The van der Waals surface area contributed by atoms with Crippen LogP contribution in [-0.4, -0.2) is 16.1 Å². The van der Waals surface area contributed by atoms with Gasteiger partial charge in [0.25, 0.3) is 5.22 Å². The van der Waals surface area contributed by atoms with Gasteiger partial charge in [0, 0.05) is 0 Å². The molecule has 1 aromatic heterocycles. The zero-order chi connectivity index (χ0) is 11.5. The summed E-state index contributed by atoms with van der Waals surface area (Å²) in [5, 5.41) is 8.96. The van der Waals surface area contributed by atoms with Crippen molar-refractivity contribution in [1.82, 2.24) is 4.98 Å². The highest BCUT2D eigenvalue weighted by Gasteiger charge is 2.10. The Labute approximate surface area is 94.1 Å². The predicted octanol–water partition coefficient (Wildman–Crippen LogP) is 2.66. The number of hydrogen-bond acceptors (Lipinski definition) is 4. The third-order valence-electron chi connectivity index (χ3n) is 1.79. The van der Waals surface area contributed by atoms with Gasteiger partial charge in [0.05, 0.1) is 16.7 Å². The molecule has 2 rings (SSSR count). The Kier molecular flexibility index (Phi) is 2.91. The van der Waals surface area contributed by atoms with E-state index in [1.165, 1.54) is 24.6 Å². The summed E-state index contributed by atoms with van der Waals surface area (Å²) in [6.07, 6.45) is 2.83. The fourth-order valence-corrected chi connectivity index (χ4v) is 1.77. The number of carbonyl (C=O) groups is 1. The average Bonchev–Trinajstić information content (AvgIpc) is 2.73. The standard InChI is InChI=1S/C10H6FNO3S/c11-7-5-6(9(13)14)1-2-8(7)16-10-12-3-4-15-10/h1-5H,(H,13,14). The first kappa shape index (κ1) is 10.7. The minimum Gasteiger partial charge on any atom is -0.478 e. The van der Waals surface area contributed by atoms with Gasteiger partial charge >= 0.3 is 5.97 Å². The number of carboxylic acid groups (broad SMARTS) is 1. The quantitative estimate of drug-likeness (QED) is 0.892. The summed E-state index contributed by atoms with van der Waals surface area (Å²) in [7, 11) is 0. The van der Waals surface area contributed by atoms with E-state index in [-0.39, 0.29) is 10.5 Å². The minimum absolute atomic E-state index is 0.0887. The zero-order valence-electron chi connectivity index (χ0n) is 7.88. The average molecular weight is 239 g/mol. The monoisotopic (exact) mass is 239 g/mol. The van der Waals surface area contributed by atoms with Crippen LogP contribution in [0.5, 0.6) is 0 Å². The van der Waals surface area contributed by atoms with E-state index in [2.05, 4.69) is 4.98 Å². The van der Waals surface area contributed by atoms with Crippen LogP contribution in [0.1, 0.15) is 10.4 Å². The van der Waals surface area contributed by atoms with Gasteiger partial charge in [-0.2, -0.15) is 0 Å². The van der Waals surface area contributed by atoms with Crippen LogP contribution in [0.3, 0.4) is 0 Å². The van der Waals surface area contributed by atoms with Gasteiger partial charge in [-0.05, 0) is 30.0 Å². The summed E-state index contributed by atoms with van der Waals surface area (Å²) in [4.78, 5) is 14.7. The molecule has 0 saturated carbocycles. The number of hydrogen-bond donors (Lipinski definition) is 1. The number of nitrogens with zero attached hydrogens (tertiary/aromatic N) is 1. The fourth-order valence-electron chi connectivity index (χ4n) is 1.07. The number of aromatic carboxylic acids is 1. The second-order valence-electron chi connectivity index (χ2n) is 2.85. The Balaban J connectivity index is 2.26. The van der Waals surface area contributed by atoms with Crippen LogP contribution < -0.4 is 0 Å². The molecule has 0 amide bonds. The maximum absolute atomic E-state index is 13.4. The van der Waals surface area contributed by atoms with Crippen molar-refractivity contribution >= 4 is 17.7 Å². The molecular weight excluding hydrogens is 233 g/mol. The van der Waals surface area contributed by atoms with Gasteiger partial charge in [-0.3, -0.25) is 0 Å². The molecule has 4 nitrogen and oxygen atoms in total. The van der Waals surface area contributed by atoms with E-state index in [1.807, 2.05) is 0 Å². The lowest BCUT2D eigenvalue weighted by Gasteiger charge is -2.00. The van der Waals surface area contributed by atoms with Gasteiger partial charge < -0.3 is 9.52 Å². The highest BCUT2D eigenvalue weighted by atomic mass is 32.2. The normalized spacial score (nSPS) is 10.3. The molecule has 82 valence electrons. The van der Waals surface area contributed by atoms with E-state index < -0.39 is 11.8 Å². The molecule has 0 saturated heterocycles. The molecule has 0 aliphatic heterocycles. The van der Waals surface area contributed by atoms with Crippen LogP contribution in [0.25, 0.3) is 0 Å². The van der Waals surface area contributed by atoms with Crippen LogP contribution in [0.2, 0.25) is 0 Å². The SMILES string of the molecule is O=C(O)c1ccc(Sc2ncco2)c(F)c1. The zero-order valence-corrected chi connectivity index (χ0v) is 8.70. The molecule has 0 aliphatic carbocycles. The van der Waals surface area contributed by atoms with Crippen molar-refractivity contribution in [1.29, 1.82) is 0 Å². The Hall–Kier alpha value is -1.82. The highest BCUT2D eigenvalue weighted by Crippen LogP contribution is 2.28. The van der Waals surface area contributed by atoms with Gasteiger partial charge in [0.1, 0.15) is 12.1 Å². The molecule has 0 atom stereocenters. The van der Waals surface area contributed by atoms with Gasteiger partial charge in [-0.1, -0.05) is 0 Å². The lowest BCUT2D eigenvalue weighted by molar-refractivity contribution is 0.0696. The molecule has 2 aromatic rings. The largest absolute Gasteiger partial charge is 0.478 e. The third kappa shape index (κ3) is 2.22. The number of rotatable bonds is 3. The van der Waals surface area contributed by atoms with Gasteiger partial charge in [-0.25, -0.2) is 14.2 Å². The van der Waals surface area contributed by atoms with Crippen LogP contribution in [0, 0.1) is 5.82 Å². The molecule has 0 aliphatic rings. The van der Waals surface area contributed by atoms with E-state index in [9.17, 15) is 9.18 Å². The van der Waals surface area contributed by atoms with Gasteiger partial charge in [0.15, 0.2) is 0 Å². The maximum atomic E-state index is 13.4. The van der Waals surface area contributed by atoms with E-state index in [1.54, 1.807) is 0 Å². The number of aromatic nitrogens is 1. The molecule has 1 aromatic carbocycles. The maximum Gasteiger partial charge on any atom is 0.335 e. The fraction of sp³-hybridized carbons (Fsp3) is 0. The first-order chi connectivity index (χ1) is 7.66. The molecule has 1 heterocycles. The van der Waals surface area contributed by atoms with Crippen molar-refractivity contribution < 1.29 is 18.7 Å². The molecule has 1 N–H and O–H groups in total. The number of halogens is 1. The topological polar surface area (TPSA) is 63.3 Å². The van der Waals surface area contributed by atoms with Crippen LogP contribution in [-0.2, 0) is 0 Å². The second kappa shape index (κ2) is 4.36. The molecule has 0 unspecified atom stereocenters. The molecule has 16 heavy (non-hydrogen) atoms. The molecule has 0 bridgehead atoms. The summed E-state index contributed by atoms with van der Waals surface area (Å²) < 4.78 is 18.4. The molecule has 0 fully saturated rings. The Morgan fingerprint density at radius 3 is 2.88 bits per heavy atom. The minimum atomic E-state index is -1.16. The number of carboxylic acids is 1. The smallest absolute Gasteiger partial charge is 0.335 e. The summed E-state index contributed by atoms with van der Waals surface area (Å²) >= 11 is 0.996. The summed E-state index contributed by atoms with van der Waals surface area (Å²) in [6.45, 7) is 0. The van der Waals surface area contributed by atoms with Gasteiger partial charge in [0.2, 0.25) is 0 Å². The lowest BCUT2D eigenvalue weighted by atomic mass is 10.2. The van der Waals surface area contributed by atoms with Crippen LogP contribution in [0.4, 0.5) is 4.39 Å². The second-order valence-corrected chi connectivity index (χ2v) is 3.84. The Morgan fingerprint density at radius 2 is 2.31 bits per heavy atom. The molecule has 0 radical (unpaired) electrons. The van der Waals surface area contributed by atoms with Crippen molar-refractivity contribution in [2.45, 2.75) is 10.1 Å². The summed E-state index contributed by atoms with van der Waals surface area (Å²) in [5.74, 6) is -1.77. The molecular formula is C10H6FNO3S. The Bertz CT molecular complexity index is 513. The number of oxazole rings is 1. The molecule has 6 heteroatoms. The van der Waals surface area contributed by atoms with Crippen molar-refractivity contribution in [3.8, 4) is 0 Å². The van der Waals surface area contributed by atoms with E-state index in [0.29, 0.717) is 5.22 Å². The van der Waals surface area contributed by atoms with E-state index in [4.69, 9.17) is 9.52 Å². The summed E-state index contributed by atoms with van der Waals surface area (Å²) in [6, 6.07) is 3.68. The number of benzene rings is 1. The van der Waals surface area contributed by atoms with Gasteiger partial charge in [-0.15, -0.1) is 0 Å². The van der Waals surface area contributed by atoms with Crippen molar-refractivity contribution in [2.24, 2.45) is 0 Å². The highest BCUT2D eigenvalue weighted by molar-refractivity contribution is 7.99. The summed E-state index contributed by atoms with van der Waals surface area (Å²) in [5.41, 5.74) is -0.0887. The third-order valence-corrected chi connectivity index (χ3v) is 2.71. The van der Waals surface area contributed by atoms with E-state index >= 15 is 0 Å². The van der Waals surface area contributed by atoms with E-state index in [0.717, 1.165) is 17.8 Å². The predicted molar refractivity (Wildman–Crippen MR) is 54.0 cm³/mol. The molecule has 0 spiro atoms. The Morgan fingerprint density at radius 1 is 1.50 bits per heavy atom. The lowest BCUT2D eigenvalue weighted by Crippen LogP contribution is -1.97. The van der Waals surface area contributed by atoms with Crippen molar-refractivity contribution in [3.05, 3.63) is 42.0 Å².